The van der Waals surface area contributed by atoms with E-state index in [-0.39, 0.29) is 45.2 Å². The molecule has 0 aliphatic heterocycles. The molecule has 0 heterocycles. The molecule has 5 rings (SSSR count). The molecule has 0 radical (unpaired) electrons. The normalized spacial score (nSPS) is 18.1. The van der Waals surface area contributed by atoms with E-state index in [1.807, 2.05) is 24.3 Å². The van der Waals surface area contributed by atoms with Gasteiger partial charge in [-0.15, -0.1) is 0 Å². The van der Waals surface area contributed by atoms with Crippen molar-refractivity contribution in [2.75, 3.05) is 25.3 Å². The molecule has 0 saturated carbocycles. The van der Waals surface area contributed by atoms with E-state index in [0.717, 1.165) is 0 Å². The molecule has 1 unspecified atom stereocenters. The van der Waals surface area contributed by atoms with Crippen molar-refractivity contribution in [3.63, 3.8) is 0 Å². The zero-order valence-corrected chi connectivity index (χ0v) is 19.7. The zero-order chi connectivity index (χ0) is 25.6. The number of rotatable bonds is 5. The van der Waals surface area contributed by atoms with E-state index >= 15 is 0 Å². The highest BCUT2D eigenvalue weighted by Crippen LogP contribution is 2.46. The minimum atomic E-state index is -0.927. The highest BCUT2D eigenvalue weighted by atomic mass is 16.5. The van der Waals surface area contributed by atoms with E-state index in [9.17, 15) is 19.8 Å². The van der Waals surface area contributed by atoms with E-state index in [1.54, 1.807) is 25.3 Å². The van der Waals surface area contributed by atoms with Crippen molar-refractivity contribution >= 4 is 22.9 Å². The lowest BCUT2D eigenvalue weighted by molar-refractivity contribution is 0.0587. The minimum Gasteiger partial charge on any atom is -0.507 e. The molecule has 182 valence electrons. The van der Waals surface area contributed by atoms with Gasteiger partial charge in [0.25, 0.3) is 0 Å². The first-order valence-corrected chi connectivity index (χ1v) is 11.2. The fraction of sp³-hybridized carbons (Fsp3) is 0.143. The number of fused-ring (bicyclic) bond motifs is 2. The van der Waals surface area contributed by atoms with Gasteiger partial charge in [0, 0.05) is 35.9 Å². The summed E-state index contributed by atoms with van der Waals surface area (Å²) in [6.07, 6.45) is 8.04. The average molecular weight is 485 g/mol. The number of phenols is 2. The van der Waals surface area contributed by atoms with Gasteiger partial charge in [-0.3, -0.25) is 9.59 Å². The van der Waals surface area contributed by atoms with E-state index in [0.29, 0.717) is 23.2 Å². The minimum absolute atomic E-state index is 0.00661. The van der Waals surface area contributed by atoms with Crippen LogP contribution in [0.4, 0.5) is 11.4 Å². The number of hydrogen-bond acceptors (Lipinski definition) is 8. The van der Waals surface area contributed by atoms with Gasteiger partial charge in [0.15, 0.2) is 28.8 Å². The fourth-order valence-electron chi connectivity index (χ4n) is 4.73. The molecule has 3 aromatic rings. The van der Waals surface area contributed by atoms with Gasteiger partial charge in [-0.2, -0.15) is 0 Å². The summed E-state index contributed by atoms with van der Waals surface area (Å²) in [5.74, 6) is -1.11. The number of hydrogen-bond donors (Lipinski definition) is 4. The first kappa shape index (κ1) is 23.2. The molecule has 2 aliphatic rings. The molecule has 0 saturated heterocycles. The van der Waals surface area contributed by atoms with E-state index < -0.39 is 17.3 Å². The molecule has 0 bridgehead atoms. The van der Waals surface area contributed by atoms with Crippen molar-refractivity contribution in [2.24, 2.45) is 0 Å². The van der Waals surface area contributed by atoms with E-state index in [1.165, 1.54) is 31.4 Å². The summed E-state index contributed by atoms with van der Waals surface area (Å²) in [5, 5.41) is 23.9. The Morgan fingerprint density at radius 1 is 0.917 bits per heavy atom. The number of nitrogens with two attached hydrogens (primary N) is 1. The van der Waals surface area contributed by atoms with Crippen molar-refractivity contribution in [2.45, 2.75) is 12.1 Å². The average Bonchev–Trinajstić information content (AvgIpc) is 2.88. The monoisotopic (exact) mass is 484 g/mol. The molecule has 3 aromatic carbocycles. The topological polar surface area (TPSA) is 131 Å². The Kier molecular flexibility index (Phi) is 5.53. The molecule has 8 nitrogen and oxygen atoms in total. The van der Waals surface area contributed by atoms with Crippen LogP contribution in [0.15, 0.2) is 66.8 Å². The molecule has 8 heteroatoms. The Balaban J connectivity index is 1.79. The summed E-state index contributed by atoms with van der Waals surface area (Å²) in [6.45, 7) is 0. The highest BCUT2D eigenvalue weighted by Gasteiger charge is 2.37. The molecular formula is C28H24N2O6. The SMILES string of the molecule is COc1cc(-c2c(NC3(OC)C=CC=CC3)cc3c(c2N)C(=O)c2c(O)cccc2C3=O)ccc1O. The maximum atomic E-state index is 13.6. The maximum Gasteiger partial charge on any atom is 0.200 e. The van der Waals surface area contributed by atoms with Crippen LogP contribution in [0.3, 0.4) is 0 Å². The lowest BCUT2D eigenvalue weighted by atomic mass is 9.80. The van der Waals surface area contributed by atoms with Gasteiger partial charge in [-0.05, 0) is 35.9 Å². The summed E-state index contributed by atoms with van der Waals surface area (Å²) in [5.41, 5.74) is 7.34. The fourth-order valence-corrected chi connectivity index (χ4v) is 4.73. The van der Waals surface area contributed by atoms with Gasteiger partial charge in [0.2, 0.25) is 0 Å². The van der Waals surface area contributed by atoms with Crippen molar-refractivity contribution in [1.29, 1.82) is 0 Å². The number of allylic oxidation sites excluding steroid dienone is 2. The Bertz CT molecular complexity index is 1490. The molecule has 36 heavy (non-hydrogen) atoms. The van der Waals surface area contributed by atoms with Crippen LogP contribution >= 0.6 is 0 Å². The zero-order valence-electron chi connectivity index (χ0n) is 19.7. The van der Waals surface area contributed by atoms with Gasteiger partial charge >= 0.3 is 0 Å². The van der Waals surface area contributed by atoms with Crippen LogP contribution in [0.25, 0.3) is 11.1 Å². The molecule has 0 amide bonds. The number of anilines is 2. The third-order valence-corrected chi connectivity index (χ3v) is 6.56. The molecule has 1 atom stereocenters. The number of nitrogens with one attached hydrogen (secondary N) is 1. The van der Waals surface area contributed by atoms with Gasteiger partial charge in [0.05, 0.1) is 23.9 Å². The number of benzene rings is 3. The Morgan fingerprint density at radius 3 is 2.42 bits per heavy atom. The summed E-state index contributed by atoms with van der Waals surface area (Å²) in [6, 6.07) is 10.7. The van der Waals surface area contributed by atoms with Gasteiger partial charge in [0.1, 0.15) is 5.75 Å². The van der Waals surface area contributed by atoms with Crippen LogP contribution in [-0.2, 0) is 4.74 Å². The molecule has 5 N–H and O–H groups in total. The Morgan fingerprint density at radius 2 is 1.72 bits per heavy atom. The van der Waals surface area contributed by atoms with Crippen LogP contribution in [0.2, 0.25) is 0 Å². The quantitative estimate of drug-likeness (QED) is 0.242. The van der Waals surface area contributed by atoms with E-state index in [2.05, 4.69) is 5.32 Å². The number of carbonyl (C=O) groups is 2. The number of phenolic OH excluding ortho intramolecular Hbond substituents is 2. The van der Waals surface area contributed by atoms with Crippen LogP contribution in [0.5, 0.6) is 17.2 Å². The second-order valence-corrected chi connectivity index (χ2v) is 8.59. The van der Waals surface area contributed by atoms with Crippen LogP contribution in [-0.4, -0.2) is 41.7 Å². The molecule has 0 aromatic heterocycles. The second-order valence-electron chi connectivity index (χ2n) is 8.59. The predicted molar refractivity (Wildman–Crippen MR) is 136 cm³/mol. The number of ketones is 2. The number of methoxy groups -OCH3 is 2. The van der Waals surface area contributed by atoms with Crippen molar-refractivity contribution in [3.05, 3.63) is 89.0 Å². The summed E-state index contributed by atoms with van der Waals surface area (Å²) < 4.78 is 11.1. The second kappa shape index (κ2) is 8.58. The van der Waals surface area contributed by atoms with Crippen LogP contribution in [0.1, 0.15) is 38.3 Å². The predicted octanol–water partition coefficient (Wildman–Crippen LogP) is 4.40. The van der Waals surface area contributed by atoms with E-state index in [4.69, 9.17) is 15.2 Å². The highest BCUT2D eigenvalue weighted by molar-refractivity contribution is 6.32. The summed E-state index contributed by atoms with van der Waals surface area (Å²) >= 11 is 0. The third kappa shape index (κ3) is 3.50. The van der Waals surface area contributed by atoms with Crippen molar-refractivity contribution < 1.29 is 29.3 Å². The van der Waals surface area contributed by atoms with Crippen molar-refractivity contribution in [1.82, 2.24) is 0 Å². The standard InChI is InChI=1S/C28H24N2O6/c1-35-21-13-15(9-10-19(21)31)22-18(30-28(36-2)11-4-3-5-12-28)14-17-24(25(22)29)27(34)23-16(26(17)33)7-6-8-20(23)32/h3-11,13-14,30-32H,12,29H2,1-2H3. The van der Waals surface area contributed by atoms with Gasteiger partial charge in [-0.25, -0.2) is 0 Å². The smallest absolute Gasteiger partial charge is 0.200 e. The molecule has 2 aliphatic carbocycles. The van der Waals surface area contributed by atoms with Crippen molar-refractivity contribution in [3.8, 4) is 28.4 Å². The summed E-state index contributed by atoms with van der Waals surface area (Å²) in [4.78, 5) is 27.0. The Labute approximate surface area is 207 Å². The van der Waals surface area contributed by atoms with Gasteiger partial charge < -0.3 is 30.7 Å². The first-order valence-electron chi connectivity index (χ1n) is 11.2. The lowest BCUT2D eigenvalue weighted by Crippen LogP contribution is -2.39. The Hall–Kier alpha value is -4.56. The number of ether oxygens (including phenoxy) is 2. The first-order chi connectivity index (χ1) is 17.3. The number of nitrogen functional groups attached to an aromatic ring is 1. The van der Waals surface area contributed by atoms with Crippen LogP contribution < -0.4 is 15.8 Å². The largest absolute Gasteiger partial charge is 0.507 e. The third-order valence-electron chi connectivity index (χ3n) is 6.56. The maximum absolute atomic E-state index is 13.6. The lowest BCUT2D eigenvalue weighted by Gasteiger charge is -2.34. The number of carbonyl (C=O) groups excluding carboxylic acids is 2. The van der Waals surface area contributed by atoms with Gasteiger partial charge in [-0.1, -0.05) is 36.4 Å². The molecule has 0 fully saturated rings. The van der Waals surface area contributed by atoms with Crippen LogP contribution in [0, 0.1) is 0 Å². The summed E-state index contributed by atoms with van der Waals surface area (Å²) in [7, 11) is 2.99. The molecule has 0 spiro atoms. The molecular weight excluding hydrogens is 460 g/mol. The number of aromatic hydroxyl groups is 2.